The van der Waals surface area contributed by atoms with E-state index in [9.17, 15) is 14.0 Å². The maximum absolute atomic E-state index is 13.3. The summed E-state index contributed by atoms with van der Waals surface area (Å²) in [4.78, 5) is 32.0. The zero-order valence-corrected chi connectivity index (χ0v) is 15.4. The third-order valence-electron chi connectivity index (χ3n) is 4.73. The molecule has 3 aromatic heterocycles. The standard InChI is InChI=1S/C19H16FN7O2/c1-10-8-15(22-17(28)11-2-3-11)27(25-10)19-23-16-14(18(29)24-19)9-21-26(16)13-6-4-12(20)5-7-13/h4-9,11H,2-3H2,1H3,(H,22,28)(H,23,24,29). The molecule has 2 N–H and O–H groups in total. The van der Waals surface area contributed by atoms with Gasteiger partial charge in [0, 0.05) is 12.0 Å². The highest BCUT2D eigenvalue weighted by atomic mass is 19.1. The van der Waals surface area contributed by atoms with E-state index in [0.717, 1.165) is 12.8 Å². The van der Waals surface area contributed by atoms with E-state index in [-0.39, 0.29) is 29.0 Å². The number of amides is 1. The van der Waals surface area contributed by atoms with Crippen LogP contribution in [0.2, 0.25) is 0 Å². The van der Waals surface area contributed by atoms with Crippen LogP contribution in [0.25, 0.3) is 22.7 Å². The normalized spacial score (nSPS) is 13.7. The topological polar surface area (TPSA) is 110 Å². The van der Waals surface area contributed by atoms with Crippen molar-refractivity contribution in [3.05, 3.63) is 58.4 Å². The van der Waals surface area contributed by atoms with Crippen molar-refractivity contribution in [2.45, 2.75) is 19.8 Å². The summed E-state index contributed by atoms with van der Waals surface area (Å²) in [5, 5.41) is 11.7. The minimum absolute atomic E-state index is 0.0213. The summed E-state index contributed by atoms with van der Waals surface area (Å²) in [5.41, 5.74) is 1.12. The first kappa shape index (κ1) is 17.3. The average molecular weight is 393 g/mol. The molecule has 0 atom stereocenters. The molecule has 0 aliphatic heterocycles. The van der Waals surface area contributed by atoms with Crippen molar-refractivity contribution < 1.29 is 9.18 Å². The molecule has 0 saturated heterocycles. The Kier molecular flexibility index (Phi) is 3.79. The summed E-state index contributed by atoms with van der Waals surface area (Å²) in [5.74, 6) is 0.138. The van der Waals surface area contributed by atoms with Crippen LogP contribution in [0.1, 0.15) is 18.5 Å². The van der Waals surface area contributed by atoms with Gasteiger partial charge in [0.25, 0.3) is 5.56 Å². The van der Waals surface area contributed by atoms with Gasteiger partial charge in [-0.2, -0.15) is 19.9 Å². The van der Waals surface area contributed by atoms with E-state index >= 15 is 0 Å². The van der Waals surface area contributed by atoms with Crippen molar-refractivity contribution in [1.29, 1.82) is 0 Å². The maximum atomic E-state index is 13.3. The lowest BCUT2D eigenvalue weighted by Crippen LogP contribution is -2.19. The number of H-pyrrole nitrogens is 1. The molecule has 1 aliphatic rings. The van der Waals surface area contributed by atoms with Crippen molar-refractivity contribution in [2.75, 3.05) is 5.32 Å². The summed E-state index contributed by atoms with van der Waals surface area (Å²) in [6.45, 7) is 1.78. The number of carbonyl (C=O) groups is 1. The number of rotatable bonds is 4. The number of carbonyl (C=O) groups excluding carboxylic acids is 1. The molecular weight excluding hydrogens is 377 g/mol. The lowest BCUT2D eigenvalue weighted by molar-refractivity contribution is -0.117. The molecule has 1 fully saturated rings. The zero-order chi connectivity index (χ0) is 20.1. The second-order valence-electron chi connectivity index (χ2n) is 7.01. The van der Waals surface area contributed by atoms with Crippen molar-refractivity contribution in [3.63, 3.8) is 0 Å². The van der Waals surface area contributed by atoms with Gasteiger partial charge in [-0.25, -0.2) is 9.07 Å². The van der Waals surface area contributed by atoms with Gasteiger partial charge in [-0.15, -0.1) is 0 Å². The van der Waals surface area contributed by atoms with Crippen molar-refractivity contribution in [2.24, 2.45) is 5.92 Å². The SMILES string of the molecule is Cc1cc(NC(=O)C2CC2)n(-c2nc3c(cnn3-c3ccc(F)cc3)c(=O)[nH]2)n1. The first-order chi connectivity index (χ1) is 14.0. The van der Waals surface area contributed by atoms with E-state index in [1.165, 1.54) is 27.7 Å². The lowest BCUT2D eigenvalue weighted by atomic mass is 10.3. The Labute approximate surface area is 163 Å². The van der Waals surface area contributed by atoms with E-state index in [4.69, 9.17) is 0 Å². The maximum Gasteiger partial charge on any atom is 0.263 e. The number of aryl methyl sites for hydroxylation is 1. The van der Waals surface area contributed by atoms with E-state index < -0.39 is 5.56 Å². The second kappa shape index (κ2) is 6.36. The Bertz CT molecular complexity index is 1300. The fraction of sp³-hybridized carbons (Fsp3) is 0.211. The molecule has 10 heteroatoms. The van der Waals surface area contributed by atoms with Crippen LogP contribution in [0.4, 0.5) is 10.2 Å². The van der Waals surface area contributed by atoms with Crippen molar-refractivity contribution in [1.82, 2.24) is 29.5 Å². The van der Waals surface area contributed by atoms with Crippen LogP contribution in [-0.2, 0) is 4.79 Å². The van der Waals surface area contributed by atoms with Gasteiger partial charge in [0.05, 0.1) is 17.6 Å². The Balaban J connectivity index is 1.63. The number of aromatic amines is 1. The summed E-state index contributed by atoms with van der Waals surface area (Å²) < 4.78 is 16.1. The van der Waals surface area contributed by atoms with E-state index in [1.807, 2.05) is 0 Å². The fourth-order valence-electron chi connectivity index (χ4n) is 3.10. The Morgan fingerprint density at radius 2 is 2.00 bits per heavy atom. The van der Waals surface area contributed by atoms with Gasteiger partial charge in [0.2, 0.25) is 11.9 Å². The molecule has 0 bridgehead atoms. The molecule has 0 unspecified atom stereocenters. The summed E-state index contributed by atoms with van der Waals surface area (Å²) in [6, 6.07) is 7.41. The third kappa shape index (κ3) is 3.08. The smallest absolute Gasteiger partial charge is 0.263 e. The molecule has 4 aromatic rings. The Morgan fingerprint density at radius 1 is 1.24 bits per heavy atom. The van der Waals surface area contributed by atoms with Gasteiger partial charge in [-0.05, 0) is 44.0 Å². The van der Waals surface area contributed by atoms with Crippen LogP contribution in [0, 0.1) is 18.7 Å². The predicted octanol–water partition coefficient (Wildman–Crippen LogP) is 2.09. The van der Waals surface area contributed by atoms with Crippen LogP contribution in [-0.4, -0.2) is 35.4 Å². The van der Waals surface area contributed by atoms with Gasteiger partial charge in [0.15, 0.2) is 5.65 Å². The first-order valence-corrected chi connectivity index (χ1v) is 9.11. The Morgan fingerprint density at radius 3 is 2.72 bits per heavy atom. The molecule has 3 heterocycles. The molecule has 1 aromatic carbocycles. The number of anilines is 1. The van der Waals surface area contributed by atoms with Gasteiger partial charge in [-0.1, -0.05) is 0 Å². The molecule has 9 nitrogen and oxygen atoms in total. The molecule has 5 rings (SSSR count). The van der Waals surface area contributed by atoms with Gasteiger partial charge < -0.3 is 5.32 Å². The average Bonchev–Trinajstić information content (AvgIpc) is 3.36. The van der Waals surface area contributed by atoms with Crippen molar-refractivity contribution in [3.8, 4) is 11.6 Å². The van der Waals surface area contributed by atoms with Gasteiger partial charge in [0.1, 0.15) is 17.0 Å². The molecule has 29 heavy (non-hydrogen) atoms. The molecule has 1 amide bonds. The van der Waals surface area contributed by atoms with E-state index in [1.54, 1.807) is 25.1 Å². The van der Waals surface area contributed by atoms with Gasteiger partial charge in [-0.3, -0.25) is 14.6 Å². The van der Waals surface area contributed by atoms with Crippen LogP contribution >= 0.6 is 0 Å². The number of nitrogens with zero attached hydrogens (tertiary/aromatic N) is 5. The monoisotopic (exact) mass is 393 g/mol. The predicted molar refractivity (Wildman–Crippen MR) is 103 cm³/mol. The van der Waals surface area contributed by atoms with Crippen LogP contribution < -0.4 is 10.9 Å². The van der Waals surface area contributed by atoms with Crippen LogP contribution in [0.15, 0.2) is 41.3 Å². The number of hydrogen-bond acceptors (Lipinski definition) is 5. The number of hydrogen-bond donors (Lipinski definition) is 2. The fourth-order valence-corrected chi connectivity index (χ4v) is 3.10. The Hall–Kier alpha value is -3.82. The highest BCUT2D eigenvalue weighted by molar-refractivity contribution is 5.93. The summed E-state index contributed by atoms with van der Waals surface area (Å²) in [7, 11) is 0. The molecule has 0 spiro atoms. The minimum atomic E-state index is -0.397. The largest absolute Gasteiger partial charge is 0.310 e. The highest BCUT2D eigenvalue weighted by Crippen LogP contribution is 2.30. The van der Waals surface area contributed by atoms with Crippen LogP contribution in [0.5, 0.6) is 0 Å². The number of halogens is 1. The second-order valence-corrected chi connectivity index (χ2v) is 7.01. The number of aromatic nitrogens is 6. The third-order valence-corrected chi connectivity index (χ3v) is 4.73. The first-order valence-electron chi connectivity index (χ1n) is 9.11. The van der Waals surface area contributed by atoms with Gasteiger partial charge >= 0.3 is 0 Å². The minimum Gasteiger partial charge on any atom is -0.310 e. The summed E-state index contributed by atoms with van der Waals surface area (Å²) in [6.07, 6.45) is 3.14. The number of fused-ring (bicyclic) bond motifs is 1. The number of benzene rings is 1. The molecule has 1 saturated carbocycles. The number of nitrogens with one attached hydrogen (secondary N) is 2. The lowest BCUT2D eigenvalue weighted by Gasteiger charge is -2.08. The molecule has 1 aliphatic carbocycles. The van der Waals surface area contributed by atoms with Crippen LogP contribution in [0.3, 0.4) is 0 Å². The summed E-state index contributed by atoms with van der Waals surface area (Å²) >= 11 is 0. The molecule has 146 valence electrons. The van der Waals surface area contributed by atoms with E-state index in [0.29, 0.717) is 22.8 Å². The van der Waals surface area contributed by atoms with Crippen molar-refractivity contribution >= 4 is 22.8 Å². The quantitative estimate of drug-likeness (QED) is 0.552. The molecule has 0 radical (unpaired) electrons. The van der Waals surface area contributed by atoms with E-state index in [2.05, 4.69) is 25.5 Å². The molecular formula is C19H16FN7O2. The zero-order valence-electron chi connectivity index (χ0n) is 15.4. The highest BCUT2D eigenvalue weighted by Gasteiger charge is 2.30.